The number of allylic oxidation sites excluding steroid dienone is 1. The third-order valence-corrected chi connectivity index (χ3v) is 16.4. The van der Waals surface area contributed by atoms with Crippen LogP contribution in [0.3, 0.4) is 0 Å². The second-order valence-electron chi connectivity index (χ2n) is 18.9. The number of carbonyl (C=O) groups excluding carboxylic acids is 2. The minimum atomic E-state index is -1.03. The smallest absolute Gasteiger partial charge is 0.325 e. The Morgan fingerprint density at radius 2 is 1.56 bits per heavy atom. The molecular formula is C42H65N3O5. The number of nitrogens with two attached hydrogens (primary N) is 1. The normalized spacial score (nSPS) is 41.4. The molecule has 5 aliphatic rings. The van der Waals surface area contributed by atoms with E-state index in [0.717, 1.165) is 87.0 Å². The zero-order chi connectivity index (χ0) is 36.8. The standard InChI is InChI=1S/C42H65N3O5/c1-23(2)28-14-19-42(37(48)49-22-30-26(5)44-24(3)25(4)45-30)21-20-40(10)29(34(28)42)12-13-32-39(9)17-16-33(50-36(47)35(43)27(6)46)38(7,8)31(39)15-18-41(32,40)11/h27-29,31-35,46H,1,12-22,43H2,2-11H3/t27-,28+,29-,31+,32-,33+,34-,35+,39+,40-,41-,42+/m1/s1. The molecule has 6 rings (SSSR count). The SMILES string of the molecule is C=C(C)[C@@H]1CC[C@]2(C(=O)OCc3nc(C)c(C)nc3C)CC[C@]3(C)[C@H](CC[C@@H]4[C@@]5(C)CC[C@H](OC(=O)[C@@H](N)[C@@H](C)O)C(C)(C)[C@@H]5CC[C@]43C)[C@@H]12. The fraction of sp³-hybridized carbons (Fsp3) is 0.810. The van der Waals surface area contributed by atoms with Gasteiger partial charge in [-0.1, -0.05) is 46.8 Å². The van der Waals surface area contributed by atoms with Gasteiger partial charge in [-0.2, -0.15) is 0 Å². The fourth-order valence-electron chi connectivity index (χ4n) is 13.3. The molecule has 8 heteroatoms. The van der Waals surface area contributed by atoms with Gasteiger partial charge in [0.2, 0.25) is 0 Å². The van der Waals surface area contributed by atoms with Crippen molar-refractivity contribution in [3.63, 3.8) is 0 Å². The predicted molar refractivity (Wildman–Crippen MR) is 195 cm³/mol. The number of aliphatic hydroxyl groups is 1. The molecule has 0 saturated heterocycles. The lowest BCUT2D eigenvalue weighted by molar-refractivity contribution is -0.251. The van der Waals surface area contributed by atoms with Gasteiger partial charge in [0, 0.05) is 5.41 Å². The van der Waals surface area contributed by atoms with Crippen molar-refractivity contribution in [3.8, 4) is 0 Å². The fourth-order valence-corrected chi connectivity index (χ4v) is 13.3. The van der Waals surface area contributed by atoms with Crippen LogP contribution in [0.4, 0.5) is 0 Å². The molecule has 3 N–H and O–H groups in total. The van der Waals surface area contributed by atoms with E-state index in [1.165, 1.54) is 5.57 Å². The van der Waals surface area contributed by atoms with Crippen LogP contribution in [0.5, 0.6) is 0 Å². The molecular weight excluding hydrogens is 626 g/mol. The molecule has 0 spiro atoms. The number of aryl methyl sites for hydroxylation is 3. The Morgan fingerprint density at radius 1 is 0.880 bits per heavy atom. The minimum Gasteiger partial charge on any atom is -0.461 e. The first-order valence-corrected chi connectivity index (χ1v) is 19.5. The Morgan fingerprint density at radius 3 is 2.22 bits per heavy atom. The number of carbonyl (C=O) groups is 2. The van der Waals surface area contributed by atoms with Gasteiger partial charge in [-0.05, 0) is 145 Å². The minimum absolute atomic E-state index is 0.0411. The Balaban J connectivity index is 1.27. The van der Waals surface area contributed by atoms with Crippen molar-refractivity contribution in [2.45, 2.75) is 158 Å². The van der Waals surface area contributed by atoms with Gasteiger partial charge in [0.25, 0.3) is 0 Å². The molecule has 5 fully saturated rings. The van der Waals surface area contributed by atoms with Crippen LogP contribution in [-0.4, -0.2) is 45.3 Å². The summed E-state index contributed by atoms with van der Waals surface area (Å²) >= 11 is 0. The highest BCUT2D eigenvalue weighted by Crippen LogP contribution is 2.77. The molecule has 0 bridgehead atoms. The molecule has 5 saturated carbocycles. The van der Waals surface area contributed by atoms with E-state index in [-0.39, 0.29) is 46.3 Å². The number of hydrogen-bond acceptors (Lipinski definition) is 8. The largest absolute Gasteiger partial charge is 0.461 e. The molecule has 12 atom stereocenters. The van der Waals surface area contributed by atoms with Gasteiger partial charge in [-0.15, -0.1) is 0 Å². The molecule has 1 aromatic rings. The summed E-state index contributed by atoms with van der Waals surface area (Å²) in [6.45, 7) is 26.6. The first-order chi connectivity index (χ1) is 23.2. The quantitative estimate of drug-likeness (QED) is 0.220. The van der Waals surface area contributed by atoms with Gasteiger partial charge in [0.05, 0.1) is 34.3 Å². The molecule has 0 unspecified atom stereocenters. The summed E-state index contributed by atoms with van der Waals surface area (Å²) in [5.41, 5.74) is 10.2. The number of ether oxygens (including phenoxy) is 2. The summed E-state index contributed by atoms with van der Waals surface area (Å²) in [6, 6.07) is -1.03. The zero-order valence-corrected chi connectivity index (χ0v) is 32.7. The van der Waals surface area contributed by atoms with Gasteiger partial charge < -0.3 is 20.3 Å². The van der Waals surface area contributed by atoms with E-state index < -0.39 is 23.5 Å². The van der Waals surface area contributed by atoms with Gasteiger partial charge >= 0.3 is 11.9 Å². The highest BCUT2D eigenvalue weighted by atomic mass is 16.5. The van der Waals surface area contributed by atoms with Crippen molar-refractivity contribution in [1.29, 1.82) is 0 Å². The number of hydrogen-bond donors (Lipinski definition) is 2. The molecule has 0 amide bonds. The van der Waals surface area contributed by atoms with Crippen LogP contribution in [0, 0.1) is 77.4 Å². The Hall–Kier alpha value is -2.32. The van der Waals surface area contributed by atoms with Crippen LogP contribution < -0.4 is 5.73 Å². The molecule has 50 heavy (non-hydrogen) atoms. The zero-order valence-electron chi connectivity index (χ0n) is 32.7. The van der Waals surface area contributed by atoms with Crippen LogP contribution in [0.15, 0.2) is 12.2 Å². The number of esters is 2. The van der Waals surface area contributed by atoms with E-state index in [1.807, 2.05) is 20.8 Å². The summed E-state index contributed by atoms with van der Waals surface area (Å²) in [4.78, 5) is 36.8. The first-order valence-electron chi connectivity index (χ1n) is 19.5. The van der Waals surface area contributed by atoms with E-state index in [9.17, 15) is 14.7 Å². The average Bonchev–Trinajstić information content (AvgIpc) is 3.44. The Kier molecular flexibility index (Phi) is 9.49. The highest BCUT2D eigenvalue weighted by Gasteiger charge is 2.72. The average molecular weight is 692 g/mol. The summed E-state index contributed by atoms with van der Waals surface area (Å²) in [5.74, 6) is 1.38. The van der Waals surface area contributed by atoms with Gasteiger partial charge in [-0.3, -0.25) is 19.6 Å². The molecule has 278 valence electrons. The number of rotatable bonds is 7. The molecule has 5 aliphatic carbocycles. The number of aromatic nitrogens is 2. The summed E-state index contributed by atoms with van der Waals surface area (Å²) in [6.07, 6.45) is 8.91. The molecule has 1 heterocycles. The lowest BCUT2D eigenvalue weighted by Gasteiger charge is -2.72. The Labute approximate surface area is 301 Å². The highest BCUT2D eigenvalue weighted by molar-refractivity contribution is 5.78. The van der Waals surface area contributed by atoms with E-state index in [2.05, 4.69) is 53.1 Å². The van der Waals surface area contributed by atoms with E-state index in [0.29, 0.717) is 23.7 Å². The van der Waals surface area contributed by atoms with Gasteiger partial charge in [0.1, 0.15) is 18.8 Å². The molecule has 1 aromatic heterocycles. The lowest BCUT2D eigenvalue weighted by atomic mass is 9.32. The van der Waals surface area contributed by atoms with Crippen molar-refractivity contribution in [2.75, 3.05) is 0 Å². The van der Waals surface area contributed by atoms with E-state index >= 15 is 0 Å². The van der Waals surface area contributed by atoms with E-state index in [1.54, 1.807) is 6.92 Å². The molecule has 0 radical (unpaired) electrons. The summed E-state index contributed by atoms with van der Waals surface area (Å²) in [5, 5.41) is 9.95. The lowest BCUT2D eigenvalue weighted by Crippen LogP contribution is -2.67. The number of fused-ring (bicyclic) bond motifs is 7. The van der Waals surface area contributed by atoms with Crippen molar-refractivity contribution in [3.05, 3.63) is 34.9 Å². The van der Waals surface area contributed by atoms with Crippen molar-refractivity contribution in [1.82, 2.24) is 9.97 Å². The van der Waals surface area contributed by atoms with Crippen LogP contribution in [-0.2, 0) is 25.7 Å². The third-order valence-electron chi connectivity index (χ3n) is 16.4. The maximum absolute atomic E-state index is 14.5. The summed E-state index contributed by atoms with van der Waals surface area (Å²) < 4.78 is 12.4. The molecule has 0 aliphatic heterocycles. The molecule has 0 aromatic carbocycles. The van der Waals surface area contributed by atoms with Crippen molar-refractivity contribution in [2.24, 2.45) is 62.4 Å². The van der Waals surface area contributed by atoms with Gasteiger partial charge in [-0.25, -0.2) is 0 Å². The monoisotopic (exact) mass is 691 g/mol. The molecule has 8 nitrogen and oxygen atoms in total. The van der Waals surface area contributed by atoms with Crippen molar-refractivity contribution < 1.29 is 24.2 Å². The van der Waals surface area contributed by atoms with Crippen LogP contribution in [0.25, 0.3) is 0 Å². The Bertz CT molecular complexity index is 1540. The van der Waals surface area contributed by atoms with Crippen molar-refractivity contribution >= 4 is 11.9 Å². The third kappa shape index (κ3) is 5.42. The predicted octanol–water partition coefficient (Wildman–Crippen LogP) is 7.72. The second kappa shape index (κ2) is 12.7. The van der Waals surface area contributed by atoms with E-state index in [4.69, 9.17) is 20.2 Å². The first kappa shape index (κ1) is 37.4. The van der Waals surface area contributed by atoms with Gasteiger partial charge in [0.15, 0.2) is 0 Å². The maximum atomic E-state index is 14.5. The van der Waals surface area contributed by atoms with Crippen LogP contribution in [0.2, 0.25) is 0 Å². The second-order valence-corrected chi connectivity index (χ2v) is 18.9. The van der Waals surface area contributed by atoms with Crippen LogP contribution >= 0.6 is 0 Å². The topological polar surface area (TPSA) is 125 Å². The summed E-state index contributed by atoms with van der Waals surface area (Å²) in [7, 11) is 0. The number of aliphatic hydroxyl groups excluding tert-OH is 1. The maximum Gasteiger partial charge on any atom is 0.325 e. The van der Waals surface area contributed by atoms with Crippen LogP contribution in [0.1, 0.15) is 135 Å². The number of nitrogens with zero attached hydrogens (tertiary/aromatic N) is 2.